The van der Waals surface area contributed by atoms with Crippen molar-refractivity contribution in [3.8, 4) is 5.75 Å². The Balaban J connectivity index is 1.51. The zero-order chi connectivity index (χ0) is 18.6. The zero-order valence-corrected chi connectivity index (χ0v) is 15.6. The molecule has 2 aromatic carbocycles. The molecular weight excluding hydrogens is 353 g/mol. The number of sulfone groups is 1. The van der Waals surface area contributed by atoms with Crippen molar-refractivity contribution in [3.05, 3.63) is 59.9 Å². The van der Waals surface area contributed by atoms with E-state index in [0.29, 0.717) is 30.9 Å². The number of halogens is 1. The topological polar surface area (TPSA) is 55.4 Å². The highest BCUT2D eigenvalue weighted by molar-refractivity contribution is 7.90. The maximum atomic E-state index is 13.1. The van der Waals surface area contributed by atoms with Gasteiger partial charge >= 0.3 is 0 Å². The smallest absolute Gasteiger partial charge is 0.175 e. The van der Waals surface area contributed by atoms with Crippen molar-refractivity contribution in [1.29, 1.82) is 0 Å². The Morgan fingerprint density at radius 3 is 2.65 bits per heavy atom. The van der Waals surface area contributed by atoms with E-state index < -0.39 is 9.84 Å². The lowest BCUT2D eigenvalue weighted by Crippen LogP contribution is -2.34. The lowest BCUT2D eigenvalue weighted by atomic mass is 9.94. The van der Waals surface area contributed by atoms with E-state index in [0.717, 1.165) is 19.3 Å². The summed E-state index contributed by atoms with van der Waals surface area (Å²) in [6.45, 7) is 1.13. The molecule has 1 fully saturated rings. The largest absolute Gasteiger partial charge is 0.492 e. The van der Waals surface area contributed by atoms with Crippen LogP contribution in [0.25, 0.3) is 0 Å². The lowest BCUT2D eigenvalue weighted by Gasteiger charge is -2.21. The van der Waals surface area contributed by atoms with Crippen molar-refractivity contribution in [2.75, 3.05) is 19.4 Å². The molecule has 0 bridgehead atoms. The molecule has 2 atom stereocenters. The fraction of sp³-hybridized carbons (Fsp3) is 0.400. The van der Waals surface area contributed by atoms with Gasteiger partial charge in [0, 0.05) is 18.8 Å². The normalized spacial score (nSPS) is 20.2. The average Bonchev–Trinajstić information content (AvgIpc) is 3.07. The molecule has 0 saturated heterocycles. The van der Waals surface area contributed by atoms with Crippen molar-refractivity contribution in [3.63, 3.8) is 0 Å². The van der Waals surface area contributed by atoms with Gasteiger partial charge in [-0.1, -0.05) is 24.6 Å². The molecule has 3 rings (SSSR count). The monoisotopic (exact) mass is 377 g/mol. The molecule has 6 heteroatoms. The summed E-state index contributed by atoms with van der Waals surface area (Å²) in [6, 6.07) is 13.7. The molecule has 0 aromatic heterocycles. The fourth-order valence-electron chi connectivity index (χ4n) is 3.52. The van der Waals surface area contributed by atoms with Crippen LogP contribution in [-0.4, -0.2) is 33.9 Å². The van der Waals surface area contributed by atoms with Gasteiger partial charge in [0.1, 0.15) is 18.2 Å². The maximum absolute atomic E-state index is 13.1. The first-order valence-corrected chi connectivity index (χ1v) is 10.7. The molecule has 1 N–H and O–H groups in total. The van der Waals surface area contributed by atoms with Crippen LogP contribution in [0.3, 0.4) is 0 Å². The molecule has 0 radical (unpaired) electrons. The van der Waals surface area contributed by atoms with Gasteiger partial charge in [-0.3, -0.25) is 0 Å². The predicted octanol–water partition coefficient (Wildman–Crippen LogP) is 3.53. The average molecular weight is 377 g/mol. The number of benzene rings is 2. The van der Waals surface area contributed by atoms with Gasteiger partial charge in [-0.05, 0) is 54.7 Å². The van der Waals surface area contributed by atoms with Crippen LogP contribution < -0.4 is 10.1 Å². The number of ether oxygens (including phenoxy) is 1. The van der Waals surface area contributed by atoms with Gasteiger partial charge in [0.25, 0.3) is 0 Å². The molecule has 0 spiro atoms. The first kappa shape index (κ1) is 18.9. The van der Waals surface area contributed by atoms with Crippen LogP contribution >= 0.6 is 0 Å². The maximum Gasteiger partial charge on any atom is 0.175 e. The van der Waals surface area contributed by atoms with Crippen LogP contribution in [0.2, 0.25) is 0 Å². The third-order valence-corrected chi connectivity index (χ3v) is 5.94. The summed E-state index contributed by atoms with van der Waals surface area (Å²) in [7, 11) is -3.23. The molecule has 140 valence electrons. The Morgan fingerprint density at radius 2 is 1.92 bits per heavy atom. The minimum Gasteiger partial charge on any atom is -0.492 e. The molecule has 1 saturated carbocycles. The molecular formula is C20H24FNO3S. The second-order valence-corrected chi connectivity index (χ2v) is 8.76. The Bertz CT molecular complexity index is 836. The van der Waals surface area contributed by atoms with Gasteiger partial charge in [-0.2, -0.15) is 0 Å². The number of nitrogens with one attached hydrogen (secondary N) is 1. The fourth-order valence-corrected chi connectivity index (χ4v) is 4.18. The van der Waals surface area contributed by atoms with E-state index >= 15 is 0 Å². The van der Waals surface area contributed by atoms with E-state index in [-0.39, 0.29) is 10.7 Å². The summed E-state index contributed by atoms with van der Waals surface area (Å²) < 4.78 is 42.0. The lowest BCUT2D eigenvalue weighted by molar-refractivity contribution is 0.301. The van der Waals surface area contributed by atoms with Crippen molar-refractivity contribution in [2.45, 2.75) is 36.1 Å². The molecule has 0 aliphatic heterocycles. The van der Waals surface area contributed by atoms with Crippen LogP contribution in [0.5, 0.6) is 5.75 Å². The van der Waals surface area contributed by atoms with E-state index in [1.54, 1.807) is 24.3 Å². The molecule has 1 aliphatic carbocycles. The standard InChI is InChI=1S/C20H24FNO3S/c1-26(23,24)18-5-2-4-17(14-18)25-13-12-22-20-7-3-6-19(20)15-8-10-16(21)11-9-15/h2,4-5,8-11,14,19-20,22H,3,6-7,12-13H2,1H3/t19-,20-/m0/s1. The van der Waals surface area contributed by atoms with E-state index in [1.807, 2.05) is 12.1 Å². The third kappa shape index (κ3) is 4.83. The van der Waals surface area contributed by atoms with E-state index in [1.165, 1.54) is 24.0 Å². The number of rotatable bonds is 7. The van der Waals surface area contributed by atoms with Gasteiger partial charge < -0.3 is 10.1 Å². The molecule has 26 heavy (non-hydrogen) atoms. The van der Waals surface area contributed by atoms with Crippen LogP contribution in [0.4, 0.5) is 4.39 Å². The first-order valence-electron chi connectivity index (χ1n) is 8.85. The van der Waals surface area contributed by atoms with Gasteiger partial charge in [-0.15, -0.1) is 0 Å². The molecule has 2 aromatic rings. The van der Waals surface area contributed by atoms with E-state index in [9.17, 15) is 12.8 Å². The van der Waals surface area contributed by atoms with Crippen molar-refractivity contribution < 1.29 is 17.5 Å². The summed E-state index contributed by atoms with van der Waals surface area (Å²) in [5.74, 6) is 0.737. The van der Waals surface area contributed by atoms with Crippen LogP contribution in [0.15, 0.2) is 53.4 Å². The molecule has 4 nitrogen and oxygen atoms in total. The van der Waals surface area contributed by atoms with E-state index in [4.69, 9.17) is 4.74 Å². The second kappa shape index (κ2) is 8.18. The second-order valence-electron chi connectivity index (χ2n) is 6.75. The first-order chi connectivity index (χ1) is 12.4. The third-order valence-electron chi connectivity index (χ3n) is 4.83. The van der Waals surface area contributed by atoms with Gasteiger partial charge in [0.05, 0.1) is 4.90 Å². The summed E-state index contributed by atoms with van der Waals surface area (Å²) >= 11 is 0. The minimum absolute atomic E-state index is 0.207. The summed E-state index contributed by atoms with van der Waals surface area (Å²) in [4.78, 5) is 0.259. The molecule has 1 aliphatic rings. The SMILES string of the molecule is CS(=O)(=O)c1cccc(OCCN[C@H]2CCC[C@H]2c2ccc(F)cc2)c1. The van der Waals surface area contributed by atoms with Gasteiger partial charge in [-0.25, -0.2) is 12.8 Å². The number of hydrogen-bond acceptors (Lipinski definition) is 4. The highest BCUT2D eigenvalue weighted by atomic mass is 32.2. The Hall–Kier alpha value is -1.92. The highest BCUT2D eigenvalue weighted by Gasteiger charge is 2.27. The zero-order valence-electron chi connectivity index (χ0n) is 14.8. The predicted molar refractivity (Wildman–Crippen MR) is 99.8 cm³/mol. The van der Waals surface area contributed by atoms with Crippen LogP contribution in [0, 0.1) is 5.82 Å². The van der Waals surface area contributed by atoms with Crippen molar-refractivity contribution >= 4 is 9.84 Å². The quantitative estimate of drug-likeness (QED) is 0.750. The summed E-state index contributed by atoms with van der Waals surface area (Å²) in [5, 5.41) is 3.52. The van der Waals surface area contributed by atoms with Gasteiger partial charge in [0.2, 0.25) is 0 Å². The van der Waals surface area contributed by atoms with Gasteiger partial charge in [0.15, 0.2) is 9.84 Å². The van der Waals surface area contributed by atoms with Crippen molar-refractivity contribution in [2.24, 2.45) is 0 Å². The molecule has 0 heterocycles. The highest BCUT2D eigenvalue weighted by Crippen LogP contribution is 2.34. The summed E-state index contributed by atoms with van der Waals surface area (Å²) in [6.07, 6.45) is 4.52. The van der Waals surface area contributed by atoms with Crippen LogP contribution in [-0.2, 0) is 9.84 Å². The Kier molecular flexibility index (Phi) is 5.94. The van der Waals surface area contributed by atoms with E-state index in [2.05, 4.69) is 5.32 Å². The Labute approximate surface area is 154 Å². The van der Waals surface area contributed by atoms with Crippen molar-refractivity contribution in [1.82, 2.24) is 5.32 Å². The minimum atomic E-state index is -3.23. The van der Waals surface area contributed by atoms with Crippen LogP contribution in [0.1, 0.15) is 30.7 Å². The Morgan fingerprint density at radius 1 is 1.15 bits per heavy atom. The molecule has 0 unspecified atom stereocenters. The summed E-state index contributed by atoms with van der Waals surface area (Å²) in [5.41, 5.74) is 1.17. The molecule has 0 amide bonds. The number of hydrogen-bond donors (Lipinski definition) is 1.